The van der Waals surface area contributed by atoms with E-state index >= 15 is 0 Å². The molecule has 72 heavy (non-hydrogen) atoms. The fourth-order valence-corrected chi connectivity index (χ4v) is 4.08. The first-order valence-electron chi connectivity index (χ1n) is 17.5. The summed E-state index contributed by atoms with van der Waals surface area (Å²) in [6.45, 7) is 0. The van der Waals surface area contributed by atoms with E-state index in [1.165, 1.54) is 0 Å². The standard InChI is InChI=1S/4C8H11NO8.4Na/c4*10-5(11)1-3(7(14)15)9-4(8(16)17)2-6(12)13;;;;/h4*3-4,9H,1-2H2,(H,10,11)(H,12,13)(H,14,15)(H,16,17);;;;/q;;;;4*+1/p-4/t4*3-,4?;;;;/m1111..../s1. The fraction of sp³-hybridized carbons (Fsp3) is 0.500. The van der Waals surface area contributed by atoms with Crippen LogP contribution in [0.3, 0.4) is 0 Å². The number of carbonyl (C=O) groups is 16. The molecule has 0 aromatic rings. The molecule has 0 fully saturated rings. The van der Waals surface area contributed by atoms with Crippen molar-refractivity contribution in [1.82, 2.24) is 21.3 Å². The summed E-state index contributed by atoms with van der Waals surface area (Å²) >= 11 is 0. The summed E-state index contributed by atoms with van der Waals surface area (Å²) in [5.74, 6) is -25.4. The van der Waals surface area contributed by atoms with Gasteiger partial charge in [-0.1, -0.05) is 0 Å². The van der Waals surface area contributed by atoms with Crippen molar-refractivity contribution in [1.29, 1.82) is 0 Å². The zero-order valence-corrected chi connectivity index (χ0v) is 45.8. The molecule has 4 unspecified atom stereocenters. The van der Waals surface area contributed by atoms with E-state index in [-0.39, 0.29) is 118 Å². The van der Waals surface area contributed by atoms with Gasteiger partial charge in [0.15, 0.2) is 0 Å². The van der Waals surface area contributed by atoms with Crippen LogP contribution in [0.1, 0.15) is 51.4 Å². The molecule has 0 aromatic heterocycles. The minimum Gasteiger partial charge on any atom is -0.550 e. The number of rotatable bonds is 32. The second-order valence-electron chi connectivity index (χ2n) is 12.5. The molecule has 8 atom stereocenters. The first-order chi connectivity index (χ1) is 30.9. The molecule has 0 aromatic carbocycles. The van der Waals surface area contributed by atoms with Crippen LogP contribution in [0.15, 0.2) is 0 Å². The van der Waals surface area contributed by atoms with Gasteiger partial charge in [0.2, 0.25) is 0 Å². The topological polar surface area (TPSA) is 656 Å². The number of carbonyl (C=O) groups excluding carboxylic acids is 4. The molecule has 0 heterocycles. The molecule has 0 aliphatic carbocycles. The van der Waals surface area contributed by atoms with Crippen molar-refractivity contribution in [3.63, 3.8) is 0 Å². The Morgan fingerprint density at radius 3 is 0.403 bits per heavy atom. The molecule has 0 spiro atoms. The largest absolute Gasteiger partial charge is 1.00 e. The normalized spacial score (nSPS) is 12.9. The van der Waals surface area contributed by atoms with Gasteiger partial charge in [0.1, 0.15) is 48.3 Å². The summed E-state index contributed by atoms with van der Waals surface area (Å²) in [6.07, 6.45) is -7.31. The third-order valence-electron chi connectivity index (χ3n) is 6.99. The summed E-state index contributed by atoms with van der Waals surface area (Å²) < 4.78 is 0. The van der Waals surface area contributed by atoms with Crippen LogP contribution < -0.4 is 160 Å². The molecule has 0 saturated carbocycles. The Balaban J connectivity index is -0.000000124. The van der Waals surface area contributed by atoms with Gasteiger partial charge in [0, 0.05) is 49.6 Å². The number of carboxylic acid groups (broad SMARTS) is 16. The van der Waals surface area contributed by atoms with Gasteiger partial charge in [0.25, 0.3) is 0 Å². The smallest absolute Gasteiger partial charge is 0.550 e. The van der Waals surface area contributed by atoms with E-state index in [0.29, 0.717) is 0 Å². The molecule has 16 N–H and O–H groups in total. The molecule has 0 rings (SSSR count). The fourth-order valence-electron chi connectivity index (χ4n) is 4.08. The summed E-state index contributed by atoms with van der Waals surface area (Å²) in [6, 6.07) is -13.6. The second kappa shape index (κ2) is 45.0. The summed E-state index contributed by atoms with van der Waals surface area (Å²) in [5.41, 5.74) is 0. The van der Waals surface area contributed by atoms with Crippen LogP contribution in [-0.4, -0.2) is 205 Å². The quantitative estimate of drug-likeness (QED) is 0.0278. The summed E-state index contributed by atoms with van der Waals surface area (Å²) in [4.78, 5) is 167. The van der Waals surface area contributed by atoms with E-state index < -0.39 is 195 Å². The zero-order chi connectivity index (χ0) is 54.3. The van der Waals surface area contributed by atoms with Crippen molar-refractivity contribution < 1.29 is 277 Å². The van der Waals surface area contributed by atoms with Crippen LogP contribution in [0.25, 0.3) is 0 Å². The first kappa shape index (κ1) is 84.2. The van der Waals surface area contributed by atoms with Gasteiger partial charge >= 0.3 is 190 Å². The maximum Gasteiger partial charge on any atom is 1.00 e. The van der Waals surface area contributed by atoms with Crippen molar-refractivity contribution in [3.05, 3.63) is 0 Å². The monoisotopic (exact) mass is 1080 g/mol. The van der Waals surface area contributed by atoms with Gasteiger partial charge in [-0.05, 0) is 0 Å². The summed E-state index contributed by atoms with van der Waals surface area (Å²) in [7, 11) is 0. The minimum atomic E-state index is -1.72. The van der Waals surface area contributed by atoms with E-state index in [4.69, 9.17) is 61.3 Å². The van der Waals surface area contributed by atoms with Crippen molar-refractivity contribution in [3.8, 4) is 0 Å². The van der Waals surface area contributed by atoms with E-state index in [0.717, 1.165) is 0 Å². The van der Waals surface area contributed by atoms with Crippen molar-refractivity contribution in [2.24, 2.45) is 0 Å². The second-order valence-corrected chi connectivity index (χ2v) is 12.5. The number of nitrogens with one attached hydrogen (secondary N) is 4. The van der Waals surface area contributed by atoms with Crippen LogP contribution in [0.4, 0.5) is 0 Å². The number of hydrogen-bond acceptors (Lipinski definition) is 24. The molecule has 0 amide bonds. The molecule has 40 heteroatoms. The van der Waals surface area contributed by atoms with E-state index in [1.807, 2.05) is 21.3 Å². The summed E-state index contributed by atoms with van der Waals surface area (Å²) in [5, 5.41) is 151. The average Bonchev–Trinajstić information content (AvgIpc) is 3.14. The van der Waals surface area contributed by atoms with Crippen molar-refractivity contribution in [2.75, 3.05) is 0 Å². The first-order valence-corrected chi connectivity index (χ1v) is 17.5. The molecular formula is C32H40N4Na4O32. The average molecular weight is 1080 g/mol. The van der Waals surface area contributed by atoms with Crippen LogP contribution in [0, 0.1) is 0 Å². The predicted molar refractivity (Wildman–Crippen MR) is 191 cm³/mol. The van der Waals surface area contributed by atoms with Gasteiger partial charge in [-0.15, -0.1) is 0 Å². The Bertz CT molecular complexity index is 1510. The molecule has 36 nitrogen and oxygen atoms in total. The van der Waals surface area contributed by atoms with Gasteiger partial charge in [-0.25, -0.2) is 0 Å². The Labute approximate surface area is 488 Å². The number of hydrogen-bond donors (Lipinski definition) is 16. The van der Waals surface area contributed by atoms with Gasteiger partial charge in [-0.3, -0.25) is 78.8 Å². The Morgan fingerprint density at radius 2 is 0.333 bits per heavy atom. The molecular weight excluding hydrogens is 1040 g/mol. The number of aliphatic carboxylic acids is 16. The van der Waals surface area contributed by atoms with Crippen molar-refractivity contribution >= 4 is 95.5 Å². The van der Waals surface area contributed by atoms with Gasteiger partial charge in [0.05, 0.1) is 25.7 Å². The van der Waals surface area contributed by atoms with Crippen molar-refractivity contribution in [2.45, 2.75) is 99.7 Å². The Morgan fingerprint density at radius 1 is 0.236 bits per heavy atom. The van der Waals surface area contributed by atoms with Crippen LogP contribution >= 0.6 is 0 Å². The maximum absolute atomic E-state index is 10.6. The van der Waals surface area contributed by atoms with Crippen LogP contribution in [0.2, 0.25) is 0 Å². The molecule has 0 saturated heterocycles. The maximum atomic E-state index is 10.6. The third-order valence-corrected chi connectivity index (χ3v) is 6.99. The number of carboxylic acids is 16. The Hall–Kier alpha value is -4.64. The van der Waals surface area contributed by atoms with E-state index in [2.05, 4.69) is 0 Å². The molecule has 384 valence electrons. The predicted octanol–water partition coefficient (Wildman–Crippen LogP) is -23.6. The van der Waals surface area contributed by atoms with Gasteiger partial charge in [-0.2, -0.15) is 0 Å². The van der Waals surface area contributed by atoms with E-state index in [1.54, 1.807) is 0 Å². The molecule has 0 bridgehead atoms. The molecule has 0 aliphatic heterocycles. The van der Waals surface area contributed by atoms with Gasteiger partial charge < -0.3 is 101 Å². The van der Waals surface area contributed by atoms with Crippen LogP contribution in [-0.2, 0) is 76.7 Å². The third kappa shape index (κ3) is 47.7. The molecule has 0 radical (unpaired) electrons. The SMILES string of the molecule is O=C([O-])C[C@@H](NC(CC(=O)O)C(=O)O)C(=O)O.O=C([O-])C[C@@H](NC(CC(=O)O)C(=O)O)C(=O)O.O=C([O-])C[C@@H](NC(CC(=O)O)C(=O)O)C(=O)O.O=C([O-])C[C@@H](NC(CC(=O)O)C(=O)O)C(=O)O.[Na+].[Na+].[Na+].[Na+]. The van der Waals surface area contributed by atoms with Crippen LogP contribution in [0.5, 0.6) is 0 Å². The zero-order valence-electron chi connectivity index (χ0n) is 37.8. The molecule has 0 aliphatic rings. The minimum absolute atomic E-state index is 0. The Kier molecular flexibility index (Phi) is 52.6. The van der Waals surface area contributed by atoms with E-state index in [9.17, 15) is 97.1 Å².